The van der Waals surface area contributed by atoms with Gasteiger partial charge >= 0.3 is 0 Å². The van der Waals surface area contributed by atoms with Crippen LogP contribution in [0.2, 0.25) is 0 Å². The van der Waals surface area contributed by atoms with Gasteiger partial charge in [-0.2, -0.15) is 0 Å². The third kappa shape index (κ3) is 3.97. The quantitative estimate of drug-likeness (QED) is 0.604. The number of aryl methyl sites for hydroxylation is 1. The number of rotatable bonds is 2. The molecule has 0 aliphatic heterocycles. The molecule has 102 valence electrons. The molecule has 0 spiro atoms. The van der Waals surface area contributed by atoms with Crippen LogP contribution in [0.3, 0.4) is 0 Å². The first-order valence-corrected chi connectivity index (χ1v) is 7.35. The highest BCUT2D eigenvalue weighted by atomic mass is 127. The van der Waals surface area contributed by atoms with E-state index in [-0.39, 0.29) is 11.0 Å². The molecule has 4 nitrogen and oxygen atoms in total. The van der Waals surface area contributed by atoms with Crippen molar-refractivity contribution in [1.29, 1.82) is 0 Å². The zero-order valence-electron chi connectivity index (χ0n) is 10.7. The minimum absolute atomic E-state index is 0.229. The summed E-state index contributed by atoms with van der Waals surface area (Å²) >= 11 is 7.31. The molecule has 0 radical (unpaired) electrons. The van der Waals surface area contributed by atoms with Crippen LogP contribution in [0.4, 0.5) is 5.82 Å². The van der Waals surface area contributed by atoms with Gasteiger partial charge in [0.1, 0.15) is 5.82 Å². The molecule has 0 saturated heterocycles. The van der Waals surface area contributed by atoms with E-state index in [2.05, 4.69) is 38.2 Å². The summed E-state index contributed by atoms with van der Waals surface area (Å²) < 4.78 is 1.08. The Balaban J connectivity index is 1.99. The molecule has 0 unspecified atom stereocenters. The van der Waals surface area contributed by atoms with Crippen LogP contribution in [-0.4, -0.2) is 16.0 Å². The van der Waals surface area contributed by atoms with E-state index in [0.29, 0.717) is 11.4 Å². The van der Waals surface area contributed by atoms with E-state index in [1.54, 1.807) is 24.3 Å². The number of thiocarbonyl (C=S) groups is 1. The van der Waals surface area contributed by atoms with Crippen molar-refractivity contribution >= 4 is 51.6 Å². The van der Waals surface area contributed by atoms with Crippen molar-refractivity contribution in [2.75, 3.05) is 5.32 Å². The second-order valence-corrected chi connectivity index (χ2v) is 5.61. The number of anilines is 1. The predicted molar refractivity (Wildman–Crippen MR) is 91.8 cm³/mol. The zero-order valence-corrected chi connectivity index (χ0v) is 13.7. The number of pyridine rings is 1. The van der Waals surface area contributed by atoms with E-state index >= 15 is 0 Å². The molecule has 1 aromatic heterocycles. The van der Waals surface area contributed by atoms with Gasteiger partial charge in [0.25, 0.3) is 5.91 Å². The molecule has 0 saturated carbocycles. The van der Waals surface area contributed by atoms with Crippen LogP contribution in [0.1, 0.15) is 16.1 Å². The summed E-state index contributed by atoms with van der Waals surface area (Å²) in [6.07, 6.45) is 0. The molecular weight excluding hydrogens is 385 g/mol. The largest absolute Gasteiger partial charge is 0.317 e. The normalized spacial score (nSPS) is 9.90. The monoisotopic (exact) mass is 397 g/mol. The van der Waals surface area contributed by atoms with Crippen LogP contribution < -0.4 is 10.6 Å². The van der Waals surface area contributed by atoms with E-state index in [1.807, 2.05) is 25.1 Å². The summed E-state index contributed by atoms with van der Waals surface area (Å²) in [6, 6.07) is 12.7. The molecule has 0 aliphatic carbocycles. The third-order valence-electron chi connectivity index (χ3n) is 2.53. The van der Waals surface area contributed by atoms with Gasteiger partial charge in [-0.3, -0.25) is 10.1 Å². The molecule has 6 heteroatoms. The van der Waals surface area contributed by atoms with Crippen LogP contribution >= 0.6 is 34.8 Å². The number of hydrogen-bond donors (Lipinski definition) is 2. The van der Waals surface area contributed by atoms with E-state index in [9.17, 15) is 4.79 Å². The Morgan fingerprint density at radius 1 is 1.20 bits per heavy atom. The lowest BCUT2D eigenvalue weighted by molar-refractivity contribution is 0.0978. The number of amides is 1. The van der Waals surface area contributed by atoms with E-state index in [0.717, 1.165) is 9.26 Å². The van der Waals surface area contributed by atoms with Crippen LogP contribution in [-0.2, 0) is 0 Å². The Hall–Kier alpha value is -1.54. The smallest absolute Gasteiger partial charge is 0.257 e. The van der Waals surface area contributed by atoms with Crippen LogP contribution in [0.15, 0.2) is 42.5 Å². The predicted octanol–water partition coefficient (Wildman–Crippen LogP) is 3.12. The second kappa shape index (κ2) is 6.76. The molecule has 0 fully saturated rings. The molecule has 2 N–H and O–H groups in total. The molecule has 2 rings (SSSR count). The highest BCUT2D eigenvalue weighted by molar-refractivity contribution is 14.1. The fraction of sp³-hybridized carbons (Fsp3) is 0.0714. The SMILES string of the molecule is Cc1nc(NC(=S)NC(=O)c2ccccc2)ccc1I. The Kier molecular flexibility index (Phi) is 5.02. The summed E-state index contributed by atoms with van der Waals surface area (Å²) in [7, 11) is 0. The number of benzene rings is 1. The van der Waals surface area contributed by atoms with Gasteiger partial charge in [-0.15, -0.1) is 0 Å². The summed E-state index contributed by atoms with van der Waals surface area (Å²) in [5.74, 6) is 0.367. The van der Waals surface area contributed by atoms with Crippen molar-refractivity contribution in [2.45, 2.75) is 6.92 Å². The number of nitrogens with one attached hydrogen (secondary N) is 2. The molecule has 20 heavy (non-hydrogen) atoms. The Morgan fingerprint density at radius 3 is 2.55 bits per heavy atom. The second-order valence-electron chi connectivity index (χ2n) is 4.04. The first-order chi connectivity index (χ1) is 9.56. The Morgan fingerprint density at radius 2 is 1.90 bits per heavy atom. The standard InChI is InChI=1S/C14H12IN3OS/c1-9-11(15)7-8-12(16-9)17-14(20)18-13(19)10-5-3-2-4-6-10/h2-8H,1H3,(H2,16,17,18,19,20). The maximum absolute atomic E-state index is 11.9. The molecule has 1 amide bonds. The van der Waals surface area contributed by atoms with E-state index in [1.165, 1.54) is 0 Å². The van der Waals surface area contributed by atoms with E-state index < -0.39 is 0 Å². The highest BCUT2D eigenvalue weighted by Crippen LogP contribution is 2.12. The summed E-state index contributed by atoms with van der Waals surface area (Å²) in [5, 5.41) is 5.74. The van der Waals surface area contributed by atoms with Gasteiger partial charge in [-0.25, -0.2) is 4.98 Å². The van der Waals surface area contributed by atoms with Crippen LogP contribution in [0.5, 0.6) is 0 Å². The number of nitrogens with zero attached hydrogens (tertiary/aromatic N) is 1. The van der Waals surface area contributed by atoms with Crippen LogP contribution in [0, 0.1) is 10.5 Å². The zero-order chi connectivity index (χ0) is 14.5. The topological polar surface area (TPSA) is 54.0 Å². The van der Waals surface area contributed by atoms with Crippen molar-refractivity contribution in [3.05, 3.63) is 57.3 Å². The number of halogens is 1. The Labute approximate surface area is 136 Å². The van der Waals surface area contributed by atoms with Gasteiger partial charge in [0.05, 0.1) is 5.69 Å². The maximum Gasteiger partial charge on any atom is 0.257 e. The van der Waals surface area contributed by atoms with E-state index in [4.69, 9.17) is 12.2 Å². The number of hydrogen-bond acceptors (Lipinski definition) is 3. The van der Waals surface area contributed by atoms with Crippen molar-refractivity contribution in [3.8, 4) is 0 Å². The van der Waals surface area contributed by atoms with Crippen molar-refractivity contribution in [3.63, 3.8) is 0 Å². The van der Waals surface area contributed by atoms with Crippen molar-refractivity contribution in [1.82, 2.24) is 10.3 Å². The van der Waals surface area contributed by atoms with Gasteiger partial charge in [0, 0.05) is 9.13 Å². The van der Waals surface area contributed by atoms with Gasteiger partial charge in [0.2, 0.25) is 0 Å². The average molecular weight is 397 g/mol. The van der Waals surface area contributed by atoms with Gasteiger partial charge in [-0.1, -0.05) is 18.2 Å². The van der Waals surface area contributed by atoms with Crippen LogP contribution in [0.25, 0.3) is 0 Å². The fourth-order valence-corrected chi connectivity index (χ4v) is 2.02. The average Bonchev–Trinajstić information content (AvgIpc) is 2.44. The lowest BCUT2D eigenvalue weighted by Crippen LogP contribution is -2.34. The van der Waals surface area contributed by atoms with Gasteiger partial charge in [-0.05, 0) is 66.0 Å². The number of carbonyl (C=O) groups is 1. The molecule has 0 atom stereocenters. The molecule has 1 aromatic carbocycles. The summed E-state index contributed by atoms with van der Waals surface area (Å²) in [6.45, 7) is 1.92. The highest BCUT2D eigenvalue weighted by Gasteiger charge is 2.08. The minimum Gasteiger partial charge on any atom is -0.317 e. The molecular formula is C14H12IN3OS. The maximum atomic E-state index is 11.9. The first-order valence-electron chi connectivity index (χ1n) is 5.87. The number of aromatic nitrogens is 1. The molecule has 0 aliphatic rings. The van der Waals surface area contributed by atoms with Crippen molar-refractivity contribution < 1.29 is 4.79 Å². The molecule has 0 bridgehead atoms. The lowest BCUT2D eigenvalue weighted by Gasteiger charge is -2.09. The first kappa shape index (κ1) is 14.9. The summed E-state index contributed by atoms with van der Waals surface area (Å²) in [5.41, 5.74) is 1.47. The van der Waals surface area contributed by atoms with Crippen molar-refractivity contribution in [2.24, 2.45) is 0 Å². The van der Waals surface area contributed by atoms with Gasteiger partial charge < -0.3 is 5.32 Å². The molecule has 2 aromatic rings. The minimum atomic E-state index is -0.245. The Bertz CT molecular complexity index is 646. The third-order valence-corrected chi connectivity index (χ3v) is 3.87. The lowest BCUT2D eigenvalue weighted by atomic mass is 10.2. The fourth-order valence-electron chi connectivity index (χ4n) is 1.53. The molecule has 1 heterocycles. The number of carbonyl (C=O) groups excluding carboxylic acids is 1. The summed E-state index contributed by atoms with van der Waals surface area (Å²) in [4.78, 5) is 16.2. The van der Waals surface area contributed by atoms with Gasteiger partial charge in [0.15, 0.2) is 5.11 Å².